The van der Waals surface area contributed by atoms with Gasteiger partial charge in [-0.3, -0.25) is 14.9 Å². The fourth-order valence-electron chi connectivity index (χ4n) is 1.99. The molecule has 1 aromatic heterocycles. The van der Waals surface area contributed by atoms with Crippen LogP contribution < -0.4 is 10.6 Å². The fourth-order valence-corrected chi connectivity index (χ4v) is 2.70. The lowest BCUT2D eigenvalue weighted by atomic mass is 10.1. The number of hydrogen-bond acceptors (Lipinski definition) is 5. The van der Waals surface area contributed by atoms with Crippen molar-refractivity contribution in [2.75, 3.05) is 19.6 Å². The van der Waals surface area contributed by atoms with E-state index in [4.69, 9.17) is 0 Å². The average molecular weight is 306 g/mol. The van der Waals surface area contributed by atoms with Crippen molar-refractivity contribution in [1.82, 2.24) is 10.6 Å². The van der Waals surface area contributed by atoms with Crippen LogP contribution in [0.1, 0.15) is 23.2 Å². The maximum atomic E-state index is 11.7. The van der Waals surface area contributed by atoms with Crippen molar-refractivity contribution in [3.8, 4) is 0 Å². The van der Waals surface area contributed by atoms with Crippen molar-refractivity contribution < 1.29 is 9.72 Å². The molecule has 0 aliphatic carbocycles. The molecule has 1 saturated heterocycles. The summed E-state index contributed by atoms with van der Waals surface area (Å²) >= 11 is 0.975. The van der Waals surface area contributed by atoms with Crippen molar-refractivity contribution in [1.29, 1.82) is 0 Å². The Balaban J connectivity index is 0.00000180. The minimum atomic E-state index is -0.481. The maximum Gasteiger partial charge on any atom is 0.324 e. The van der Waals surface area contributed by atoms with Crippen molar-refractivity contribution in [2.45, 2.75) is 12.8 Å². The summed E-state index contributed by atoms with van der Waals surface area (Å²) < 4.78 is 0. The van der Waals surface area contributed by atoms with Crippen LogP contribution in [0.2, 0.25) is 0 Å². The number of rotatable bonds is 5. The minimum Gasteiger partial charge on any atom is -0.352 e. The molecule has 1 fully saturated rings. The smallest absolute Gasteiger partial charge is 0.324 e. The van der Waals surface area contributed by atoms with E-state index in [2.05, 4.69) is 10.6 Å². The number of hydrogen-bond donors (Lipinski definition) is 2. The molecule has 2 heterocycles. The third kappa shape index (κ3) is 4.45. The fraction of sp³-hybridized carbons (Fsp3) is 0.545. The normalized spacial score (nSPS) is 17.8. The Bertz CT molecular complexity index is 446. The first-order valence-electron chi connectivity index (χ1n) is 5.88. The first-order chi connectivity index (χ1) is 8.66. The Kier molecular flexibility index (Phi) is 6.20. The summed E-state index contributed by atoms with van der Waals surface area (Å²) in [6.07, 6.45) is 2.10. The molecule has 19 heavy (non-hydrogen) atoms. The molecule has 1 aromatic rings. The first-order valence-corrected chi connectivity index (χ1v) is 6.76. The standard InChI is InChI=1S/C11H15N3O3S.ClH/c15-11(9-5-10(14(16)17)18-7-9)13-4-2-8-1-3-12-6-8;/h5,7-8,12H,1-4,6H2,(H,13,15);1H. The van der Waals surface area contributed by atoms with Gasteiger partial charge in [0, 0.05) is 18.0 Å². The zero-order chi connectivity index (χ0) is 13.0. The summed E-state index contributed by atoms with van der Waals surface area (Å²) in [6, 6.07) is 1.32. The molecule has 1 aliphatic heterocycles. The van der Waals surface area contributed by atoms with Gasteiger partial charge in [0.05, 0.1) is 10.5 Å². The van der Waals surface area contributed by atoms with Gasteiger partial charge in [0.25, 0.3) is 5.91 Å². The number of amides is 1. The number of nitrogens with zero attached hydrogens (tertiary/aromatic N) is 1. The predicted molar refractivity (Wildman–Crippen MR) is 76.1 cm³/mol. The van der Waals surface area contributed by atoms with Gasteiger partial charge in [-0.2, -0.15) is 0 Å². The van der Waals surface area contributed by atoms with E-state index in [-0.39, 0.29) is 23.3 Å². The van der Waals surface area contributed by atoms with Crippen molar-refractivity contribution in [3.63, 3.8) is 0 Å². The highest BCUT2D eigenvalue weighted by molar-refractivity contribution is 7.13. The second kappa shape index (κ2) is 7.42. The van der Waals surface area contributed by atoms with E-state index in [1.807, 2.05) is 0 Å². The molecule has 8 heteroatoms. The van der Waals surface area contributed by atoms with E-state index >= 15 is 0 Å². The van der Waals surface area contributed by atoms with Gasteiger partial charge in [-0.05, 0) is 31.8 Å². The third-order valence-corrected chi connectivity index (χ3v) is 3.91. The molecule has 0 saturated carbocycles. The summed E-state index contributed by atoms with van der Waals surface area (Å²) in [4.78, 5) is 21.7. The van der Waals surface area contributed by atoms with Crippen molar-refractivity contribution in [3.05, 3.63) is 27.1 Å². The first kappa shape index (κ1) is 15.9. The summed E-state index contributed by atoms with van der Waals surface area (Å²) in [7, 11) is 0. The van der Waals surface area contributed by atoms with Crippen LogP contribution in [0.3, 0.4) is 0 Å². The molecular weight excluding hydrogens is 290 g/mol. The van der Waals surface area contributed by atoms with E-state index in [0.29, 0.717) is 18.0 Å². The minimum absolute atomic E-state index is 0. The van der Waals surface area contributed by atoms with E-state index in [9.17, 15) is 14.9 Å². The molecule has 1 unspecified atom stereocenters. The Hall–Kier alpha value is -1.18. The molecule has 1 aliphatic rings. The zero-order valence-electron chi connectivity index (χ0n) is 10.3. The van der Waals surface area contributed by atoms with Crippen LogP contribution in [-0.4, -0.2) is 30.5 Å². The van der Waals surface area contributed by atoms with E-state index < -0.39 is 4.92 Å². The van der Waals surface area contributed by atoms with Crippen LogP contribution in [0.4, 0.5) is 5.00 Å². The highest BCUT2D eigenvalue weighted by atomic mass is 35.5. The summed E-state index contributed by atoms with van der Waals surface area (Å²) in [5, 5.41) is 18.1. The van der Waals surface area contributed by atoms with Crippen LogP contribution in [0, 0.1) is 16.0 Å². The lowest BCUT2D eigenvalue weighted by molar-refractivity contribution is -0.380. The van der Waals surface area contributed by atoms with Gasteiger partial charge in [0.15, 0.2) is 0 Å². The van der Waals surface area contributed by atoms with Crippen LogP contribution >= 0.6 is 23.7 Å². The van der Waals surface area contributed by atoms with Gasteiger partial charge in [-0.15, -0.1) is 12.4 Å². The van der Waals surface area contributed by atoms with Gasteiger partial charge < -0.3 is 10.6 Å². The second-order valence-corrected chi connectivity index (χ2v) is 5.22. The van der Waals surface area contributed by atoms with Gasteiger partial charge in [0.1, 0.15) is 0 Å². The number of thiophene rings is 1. The molecule has 0 aromatic carbocycles. The molecule has 6 nitrogen and oxygen atoms in total. The molecule has 0 radical (unpaired) electrons. The number of nitro groups is 1. The summed E-state index contributed by atoms with van der Waals surface area (Å²) in [6.45, 7) is 2.68. The van der Waals surface area contributed by atoms with E-state index in [1.165, 1.54) is 11.4 Å². The van der Waals surface area contributed by atoms with Crippen LogP contribution in [0.5, 0.6) is 0 Å². The quantitative estimate of drug-likeness (QED) is 0.642. The van der Waals surface area contributed by atoms with Crippen LogP contribution in [0.25, 0.3) is 0 Å². The Labute approximate surface area is 121 Å². The molecule has 0 bridgehead atoms. The van der Waals surface area contributed by atoms with Gasteiger partial charge in [-0.1, -0.05) is 11.3 Å². The molecule has 2 rings (SSSR count). The van der Waals surface area contributed by atoms with Gasteiger partial charge in [0.2, 0.25) is 0 Å². The third-order valence-electron chi connectivity index (χ3n) is 3.03. The van der Waals surface area contributed by atoms with Crippen molar-refractivity contribution >= 4 is 34.7 Å². The Morgan fingerprint density at radius 2 is 2.42 bits per heavy atom. The SMILES string of the molecule is Cl.O=C(NCCC1CCNC1)c1csc([N+](=O)[O-])c1. The molecular formula is C11H16ClN3O3S. The molecule has 0 spiro atoms. The number of nitrogens with one attached hydrogen (secondary N) is 2. The van der Waals surface area contributed by atoms with Crippen LogP contribution in [0.15, 0.2) is 11.4 Å². The summed E-state index contributed by atoms with van der Waals surface area (Å²) in [5.74, 6) is 0.396. The largest absolute Gasteiger partial charge is 0.352 e. The molecule has 106 valence electrons. The lowest BCUT2D eigenvalue weighted by Gasteiger charge is -2.08. The van der Waals surface area contributed by atoms with Gasteiger partial charge in [-0.25, -0.2) is 0 Å². The number of carbonyl (C=O) groups excluding carboxylic acids is 1. The van der Waals surface area contributed by atoms with E-state index in [1.54, 1.807) is 0 Å². The van der Waals surface area contributed by atoms with Crippen LogP contribution in [-0.2, 0) is 0 Å². The lowest BCUT2D eigenvalue weighted by Crippen LogP contribution is -2.26. The highest BCUT2D eigenvalue weighted by Gasteiger charge is 2.16. The van der Waals surface area contributed by atoms with Crippen molar-refractivity contribution in [2.24, 2.45) is 5.92 Å². The second-order valence-electron chi connectivity index (χ2n) is 4.33. The monoisotopic (exact) mass is 305 g/mol. The van der Waals surface area contributed by atoms with Gasteiger partial charge >= 0.3 is 5.00 Å². The Morgan fingerprint density at radius 1 is 1.63 bits per heavy atom. The average Bonchev–Trinajstić information content (AvgIpc) is 2.99. The highest BCUT2D eigenvalue weighted by Crippen LogP contribution is 2.22. The zero-order valence-corrected chi connectivity index (χ0v) is 11.9. The topological polar surface area (TPSA) is 84.3 Å². The number of halogens is 1. The Morgan fingerprint density at radius 3 is 3.00 bits per heavy atom. The molecule has 1 amide bonds. The summed E-state index contributed by atoms with van der Waals surface area (Å²) in [5.41, 5.74) is 0.372. The maximum absolute atomic E-state index is 11.7. The molecule has 1 atom stereocenters. The predicted octanol–water partition coefficient (Wildman–Crippen LogP) is 1.81. The van der Waals surface area contributed by atoms with E-state index in [0.717, 1.165) is 37.3 Å². The number of carbonyl (C=O) groups is 1. The molecule has 2 N–H and O–H groups in total.